The van der Waals surface area contributed by atoms with Crippen molar-refractivity contribution < 1.29 is 19.8 Å². The fourth-order valence-corrected chi connectivity index (χ4v) is 3.18. The molecule has 3 rings (SSSR count). The summed E-state index contributed by atoms with van der Waals surface area (Å²) < 4.78 is 0. The van der Waals surface area contributed by atoms with E-state index in [-0.39, 0.29) is 33.8 Å². The quantitative estimate of drug-likeness (QED) is 0.703. The monoisotopic (exact) mass is 348 g/mol. The number of ketones is 2. The average molecular weight is 348 g/mol. The highest BCUT2D eigenvalue weighted by molar-refractivity contribution is 6.30. The molecule has 0 heterocycles. The first kappa shape index (κ1) is 17.7. The lowest BCUT2D eigenvalue weighted by Gasteiger charge is -2.21. The lowest BCUT2D eigenvalue weighted by molar-refractivity contribution is 0.0974. The van der Waals surface area contributed by atoms with Crippen LogP contribution in [0.1, 0.15) is 70.7 Å². The van der Waals surface area contributed by atoms with Gasteiger partial charge in [0.15, 0.2) is 11.6 Å². The molecular weight excluding hydrogens is 328 g/mol. The van der Waals surface area contributed by atoms with E-state index in [0.29, 0.717) is 11.1 Å². The Bertz CT molecular complexity index is 931. The summed E-state index contributed by atoms with van der Waals surface area (Å²) in [6.45, 7) is 7.52. The molecule has 0 unspecified atom stereocenters. The Morgan fingerprint density at radius 1 is 0.692 bits per heavy atom. The maximum atomic E-state index is 12.9. The Balaban J connectivity index is 2.27. The van der Waals surface area contributed by atoms with E-state index in [4.69, 9.17) is 0 Å². The van der Waals surface area contributed by atoms with Crippen LogP contribution in [0.15, 0.2) is 35.4 Å². The second-order valence-corrected chi connectivity index (χ2v) is 6.95. The number of benzene rings is 2. The van der Waals surface area contributed by atoms with Crippen molar-refractivity contribution >= 4 is 23.7 Å². The fourth-order valence-electron chi connectivity index (χ4n) is 3.18. The zero-order chi connectivity index (χ0) is 19.2. The zero-order valence-electron chi connectivity index (χ0n) is 15.2. The number of phenols is 2. The fraction of sp³-hybridized carbons (Fsp3) is 0.182. The van der Waals surface area contributed by atoms with Crippen LogP contribution in [0.4, 0.5) is 0 Å². The topological polar surface area (TPSA) is 74.6 Å². The molecule has 0 atom stereocenters. The molecule has 0 spiro atoms. The molecule has 0 saturated carbocycles. The number of hydrogen-bond acceptors (Lipinski definition) is 4. The van der Waals surface area contributed by atoms with E-state index >= 15 is 0 Å². The molecule has 0 aromatic heterocycles. The molecule has 1 aliphatic carbocycles. The van der Waals surface area contributed by atoms with Crippen molar-refractivity contribution in [3.05, 3.63) is 68.8 Å². The maximum absolute atomic E-state index is 12.9. The van der Waals surface area contributed by atoms with Crippen LogP contribution < -0.4 is 0 Å². The number of hydrogen-bond donors (Lipinski definition) is 2. The van der Waals surface area contributed by atoms with Gasteiger partial charge in [-0.1, -0.05) is 35.4 Å². The van der Waals surface area contributed by atoms with E-state index in [1.54, 1.807) is 24.3 Å². The minimum Gasteiger partial charge on any atom is -0.507 e. The summed E-state index contributed by atoms with van der Waals surface area (Å²) in [6.07, 6.45) is 3.50. The molecule has 0 bridgehead atoms. The van der Waals surface area contributed by atoms with Gasteiger partial charge in [-0.05, 0) is 39.8 Å². The van der Waals surface area contributed by atoms with Gasteiger partial charge < -0.3 is 10.2 Å². The van der Waals surface area contributed by atoms with Crippen LogP contribution in [0.2, 0.25) is 0 Å². The third-order valence-electron chi connectivity index (χ3n) is 4.25. The molecule has 2 N–H and O–H groups in total. The van der Waals surface area contributed by atoms with Crippen molar-refractivity contribution in [2.45, 2.75) is 27.7 Å². The van der Waals surface area contributed by atoms with E-state index < -0.39 is 11.6 Å². The number of aromatic hydroxyl groups is 2. The molecule has 4 heteroatoms. The van der Waals surface area contributed by atoms with Crippen LogP contribution in [0.5, 0.6) is 11.5 Å². The summed E-state index contributed by atoms with van der Waals surface area (Å²) in [7, 11) is 0. The summed E-state index contributed by atoms with van der Waals surface area (Å²) in [6, 6.07) is 6.27. The van der Waals surface area contributed by atoms with Gasteiger partial charge in [-0.3, -0.25) is 9.59 Å². The first-order chi connectivity index (χ1) is 12.2. The molecule has 4 nitrogen and oxygen atoms in total. The standard InChI is InChI=1S/C22H20O4/c1-11(2)9-13-5-7-15-17(19(13)23)21(25)16-8-6-14(10-12(3)4)20(24)18(16)22(15)26/h5-10,23-24H,1-4H3. The van der Waals surface area contributed by atoms with Gasteiger partial charge in [0, 0.05) is 22.3 Å². The van der Waals surface area contributed by atoms with Gasteiger partial charge in [0.05, 0.1) is 11.1 Å². The average Bonchev–Trinajstić information content (AvgIpc) is 2.55. The van der Waals surface area contributed by atoms with Crippen molar-refractivity contribution in [3.8, 4) is 11.5 Å². The molecule has 26 heavy (non-hydrogen) atoms. The predicted octanol–water partition coefficient (Wildman–Crippen LogP) is 4.72. The van der Waals surface area contributed by atoms with E-state index in [2.05, 4.69) is 0 Å². The van der Waals surface area contributed by atoms with Gasteiger partial charge in [-0.2, -0.15) is 0 Å². The molecule has 0 saturated heterocycles. The number of fused-ring (bicyclic) bond motifs is 2. The Hall–Kier alpha value is -3.14. The molecule has 132 valence electrons. The Morgan fingerprint density at radius 3 is 1.35 bits per heavy atom. The van der Waals surface area contributed by atoms with Gasteiger partial charge in [0.1, 0.15) is 11.5 Å². The highest BCUT2D eigenvalue weighted by atomic mass is 16.3. The molecule has 1 aliphatic rings. The smallest absolute Gasteiger partial charge is 0.198 e. The number of carbonyl (C=O) groups is 2. The summed E-state index contributed by atoms with van der Waals surface area (Å²) in [4.78, 5) is 25.9. The summed E-state index contributed by atoms with van der Waals surface area (Å²) in [5, 5.41) is 21.1. The molecule has 0 fully saturated rings. The predicted molar refractivity (Wildman–Crippen MR) is 102 cm³/mol. The van der Waals surface area contributed by atoms with Crippen LogP contribution in [-0.4, -0.2) is 21.8 Å². The highest BCUT2D eigenvalue weighted by Gasteiger charge is 2.35. The van der Waals surface area contributed by atoms with E-state index in [1.807, 2.05) is 27.7 Å². The number of allylic oxidation sites excluding steroid dienone is 2. The van der Waals surface area contributed by atoms with Crippen molar-refractivity contribution in [2.75, 3.05) is 0 Å². The second kappa shape index (κ2) is 6.30. The van der Waals surface area contributed by atoms with Crippen molar-refractivity contribution in [3.63, 3.8) is 0 Å². The van der Waals surface area contributed by atoms with Gasteiger partial charge in [-0.15, -0.1) is 0 Å². The number of rotatable bonds is 2. The third kappa shape index (κ3) is 2.73. The van der Waals surface area contributed by atoms with Crippen LogP contribution in [0, 0.1) is 0 Å². The summed E-state index contributed by atoms with van der Waals surface area (Å²) >= 11 is 0. The molecular formula is C22H20O4. The summed E-state index contributed by atoms with van der Waals surface area (Å²) in [5.74, 6) is -1.34. The Morgan fingerprint density at radius 2 is 1.04 bits per heavy atom. The lowest BCUT2D eigenvalue weighted by Crippen LogP contribution is -2.21. The van der Waals surface area contributed by atoms with Gasteiger partial charge in [0.2, 0.25) is 0 Å². The van der Waals surface area contributed by atoms with Crippen molar-refractivity contribution in [1.82, 2.24) is 0 Å². The molecule has 0 radical (unpaired) electrons. The lowest BCUT2D eigenvalue weighted by atomic mass is 9.81. The van der Waals surface area contributed by atoms with Crippen LogP contribution in [-0.2, 0) is 0 Å². The van der Waals surface area contributed by atoms with Crippen LogP contribution >= 0.6 is 0 Å². The number of phenolic OH excluding ortho intramolecular Hbond substituents is 2. The minimum atomic E-state index is -0.463. The molecule has 0 aliphatic heterocycles. The van der Waals surface area contributed by atoms with Crippen LogP contribution in [0.25, 0.3) is 12.2 Å². The van der Waals surface area contributed by atoms with Crippen molar-refractivity contribution in [1.29, 1.82) is 0 Å². The normalized spacial score (nSPS) is 12.3. The molecule has 2 aromatic rings. The molecule has 2 aromatic carbocycles. The van der Waals surface area contributed by atoms with Crippen LogP contribution in [0.3, 0.4) is 0 Å². The first-order valence-corrected chi connectivity index (χ1v) is 8.33. The number of carbonyl (C=O) groups excluding carboxylic acids is 2. The van der Waals surface area contributed by atoms with Crippen molar-refractivity contribution in [2.24, 2.45) is 0 Å². The van der Waals surface area contributed by atoms with Gasteiger partial charge in [0.25, 0.3) is 0 Å². The van der Waals surface area contributed by atoms with Gasteiger partial charge in [-0.25, -0.2) is 0 Å². The molecule has 0 amide bonds. The van der Waals surface area contributed by atoms with E-state index in [0.717, 1.165) is 11.1 Å². The third-order valence-corrected chi connectivity index (χ3v) is 4.25. The largest absolute Gasteiger partial charge is 0.507 e. The summed E-state index contributed by atoms with van der Waals surface area (Å²) in [5.41, 5.74) is 3.08. The second-order valence-electron chi connectivity index (χ2n) is 6.95. The minimum absolute atomic E-state index is 0.00753. The Kier molecular flexibility index (Phi) is 4.28. The zero-order valence-corrected chi connectivity index (χ0v) is 15.2. The maximum Gasteiger partial charge on any atom is 0.198 e. The van der Waals surface area contributed by atoms with E-state index in [9.17, 15) is 19.8 Å². The van der Waals surface area contributed by atoms with Gasteiger partial charge >= 0.3 is 0 Å². The Labute approximate surface area is 152 Å². The highest BCUT2D eigenvalue weighted by Crippen LogP contribution is 2.40. The van der Waals surface area contributed by atoms with E-state index in [1.165, 1.54) is 12.1 Å². The first-order valence-electron chi connectivity index (χ1n) is 8.33. The SMILES string of the molecule is CC(C)=Cc1ccc2c(c1O)C(=O)c1ccc(C=C(C)C)c(O)c1C2=O.